The number of aliphatic hydroxyl groups is 1. The Morgan fingerprint density at radius 2 is 2.12 bits per heavy atom. The van der Waals surface area contributed by atoms with Crippen molar-refractivity contribution in [1.29, 1.82) is 0 Å². The SMILES string of the molecule is CN(CC1(O)CCNC1)C(=O)N1CCCCC1. The number of likely N-dealkylation sites (N-methyl/N-ethyl adjacent to an activating group) is 1. The highest BCUT2D eigenvalue weighted by Gasteiger charge is 2.34. The fourth-order valence-corrected chi connectivity index (χ4v) is 2.70. The Labute approximate surface area is 103 Å². The molecule has 17 heavy (non-hydrogen) atoms. The van der Waals surface area contributed by atoms with E-state index >= 15 is 0 Å². The van der Waals surface area contributed by atoms with Gasteiger partial charge in [0, 0.05) is 26.7 Å². The Kier molecular flexibility index (Phi) is 3.89. The van der Waals surface area contributed by atoms with E-state index in [-0.39, 0.29) is 6.03 Å². The number of hydrogen-bond acceptors (Lipinski definition) is 3. The Bertz CT molecular complexity index is 271. The predicted molar refractivity (Wildman–Crippen MR) is 65.9 cm³/mol. The minimum absolute atomic E-state index is 0.0602. The second-order valence-electron chi connectivity index (χ2n) is 5.34. The van der Waals surface area contributed by atoms with Crippen LogP contribution in [0.3, 0.4) is 0 Å². The zero-order valence-electron chi connectivity index (χ0n) is 10.6. The summed E-state index contributed by atoms with van der Waals surface area (Å²) in [4.78, 5) is 15.7. The number of rotatable bonds is 2. The van der Waals surface area contributed by atoms with Crippen LogP contribution in [-0.4, -0.2) is 66.3 Å². The number of hydrogen-bond donors (Lipinski definition) is 2. The molecule has 2 saturated heterocycles. The maximum atomic E-state index is 12.1. The van der Waals surface area contributed by atoms with Crippen molar-refractivity contribution in [3.8, 4) is 0 Å². The molecule has 5 nitrogen and oxygen atoms in total. The summed E-state index contributed by atoms with van der Waals surface area (Å²) in [7, 11) is 1.78. The molecule has 5 heteroatoms. The van der Waals surface area contributed by atoms with Crippen LogP contribution in [-0.2, 0) is 0 Å². The number of likely N-dealkylation sites (tertiary alicyclic amines) is 1. The molecular formula is C12H23N3O2. The molecule has 2 aliphatic rings. The van der Waals surface area contributed by atoms with Gasteiger partial charge in [-0.05, 0) is 32.2 Å². The van der Waals surface area contributed by atoms with Crippen LogP contribution in [0.2, 0.25) is 0 Å². The van der Waals surface area contributed by atoms with Gasteiger partial charge in [0.15, 0.2) is 0 Å². The number of β-amino-alcohol motifs (C(OH)–C–C–N with tert-alkyl or cyclic N) is 1. The van der Waals surface area contributed by atoms with Crippen molar-refractivity contribution < 1.29 is 9.90 Å². The summed E-state index contributed by atoms with van der Waals surface area (Å²) in [6.45, 7) is 3.57. The van der Waals surface area contributed by atoms with Gasteiger partial charge in [0.1, 0.15) is 0 Å². The Morgan fingerprint density at radius 3 is 2.71 bits per heavy atom. The van der Waals surface area contributed by atoms with E-state index in [0.717, 1.165) is 38.9 Å². The topological polar surface area (TPSA) is 55.8 Å². The number of carbonyl (C=O) groups is 1. The lowest BCUT2D eigenvalue weighted by molar-refractivity contribution is 0.0311. The van der Waals surface area contributed by atoms with Crippen molar-refractivity contribution in [2.75, 3.05) is 39.8 Å². The van der Waals surface area contributed by atoms with Crippen LogP contribution in [0.1, 0.15) is 25.7 Å². The highest BCUT2D eigenvalue weighted by Crippen LogP contribution is 2.17. The van der Waals surface area contributed by atoms with Crippen LogP contribution in [0, 0.1) is 0 Å². The highest BCUT2D eigenvalue weighted by molar-refractivity contribution is 5.74. The van der Waals surface area contributed by atoms with E-state index in [4.69, 9.17) is 0 Å². The fraction of sp³-hybridized carbons (Fsp3) is 0.917. The van der Waals surface area contributed by atoms with Gasteiger partial charge in [0.2, 0.25) is 0 Å². The number of piperidine rings is 1. The minimum Gasteiger partial charge on any atom is -0.387 e. The molecule has 2 heterocycles. The zero-order chi connectivity index (χ0) is 12.3. The number of urea groups is 1. The Morgan fingerprint density at radius 1 is 1.41 bits per heavy atom. The van der Waals surface area contributed by atoms with Crippen molar-refractivity contribution >= 4 is 6.03 Å². The van der Waals surface area contributed by atoms with E-state index in [2.05, 4.69) is 5.32 Å². The van der Waals surface area contributed by atoms with Crippen LogP contribution in [0.4, 0.5) is 4.79 Å². The summed E-state index contributed by atoms with van der Waals surface area (Å²) < 4.78 is 0. The first kappa shape index (κ1) is 12.6. The van der Waals surface area contributed by atoms with Gasteiger partial charge in [-0.25, -0.2) is 4.79 Å². The third kappa shape index (κ3) is 3.10. The van der Waals surface area contributed by atoms with Crippen molar-refractivity contribution in [3.63, 3.8) is 0 Å². The third-order valence-corrected chi connectivity index (χ3v) is 3.71. The number of amides is 2. The van der Waals surface area contributed by atoms with Crippen LogP contribution < -0.4 is 5.32 Å². The summed E-state index contributed by atoms with van der Waals surface area (Å²) in [5, 5.41) is 13.4. The van der Waals surface area contributed by atoms with Gasteiger partial charge in [-0.15, -0.1) is 0 Å². The normalized spacial score (nSPS) is 29.4. The fourth-order valence-electron chi connectivity index (χ4n) is 2.70. The van der Waals surface area contributed by atoms with Gasteiger partial charge in [-0.2, -0.15) is 0 Å². The molecule has 1 atom stereocenters. The minimum atomic E-state index is -0.736. The largest absolute Gasteiger partial charge is 0.387 e. The van der Waals surface area contributed by atoms with E-state index in [1.165, 1.54) is 6.42 Å². The van der Waals surface area contributed by atoms with E-state index in [0.29, 0.717) is 13.1 Å². The number of nitrogens with zero attached hydrogens (tertiary/aromatic N) is 2. The first-order chi connectivity index (χ1) is 8.11. The van der Waals surface area contributed by atoms with Crippen molar-refractivity contribution in [3.05, 3.63) is 0 Å². The molecule has 0 aromatic heterocycles. The van der Waals surface area contributed by atoms with Crippen molar-refractivity contribution in [1.82, 2.24) is 15.1 Å². The van der Waals surface area contributed by atoms with Crippen LogP contribution in [0.5, 0.6) is 0 Å². The first-order valence-electron chi connectivity index (χ1n) is 6.54. The van der Waals surface area contributed by atoms with E-state index in [1.54, 1.807) is 11.9 Å². The van der Waals surface area contributed by atoms with Crippen LogP contribution in [0.25, 0.3) is 0 Å². The quantitative estimate of drug-likeness (QED) is 0.728. The zero-order valence-corrected chi connectivity index (χ0v) is 10.6. The van der Waals surface area contributed by atoms with Gasteiger partial charge in [0.25, 0.3) is 0 Å². The molecule has 0 bridgehead atoms. The summed E-state index contributed by atoms with van der Waals surface area (Å²) >= 11 is 0. The smallest absolute Gasteiger partial charge is 0.319 e. The molecule has 0 aromatic carbocycles. The average molecular weight is 241 g/mol. The second kappa shape index (κ2) is 5.23. The molecule has 2 fully saturated rings. The molecule has 2 amide bonds. The van der Waals surface area contributed by atoms with E-state index in [1.807, 2.05) is 4.90 Å². The second-order valence-corrected chi connectivity index (χ2v) is 5.34. The molecule has 1 unspecified atom stereocenters. The van der Waals surface area contributed by atoms with Crippen molar-refractivity contribution in [2.45, 2.75) is 31.3 Å². The monoisotopic (exact) mass is 241 g/mol. The van der Waals surface area contributed by atoms with Crippen molar-refractivity contribution in [2.24, 2.45) is 0 Å². The molecule has 98 valence electrons. The lowest BCUT2D eigenvalue weighted by atomic mass is 10.0. The van der Waals surface area contributed by atoms with Gasteiger partial charge >= 0.3 is 6.03 Å². The molecule has 0 saturated carbocycles. The standard InChI is InChI=1S/C12H23N3O2/c1-14(10-12(17)5-6-13-9-12)11(16)15-7-3-2-4-8-15/h13,17H,2-10H2,1H3. The summed E-state index contributed by atoms with van der Waals surface area (Å²) in [5.41, 5.74) is -0.736. The number of nitrogens with one attached hydrogen (secondary N) is 1. The highest BCUT2D eigenvalue weighted by atomic mass is 16.3. The molecule has 2 N–H and O–H groups in total. The molecule has 0 spiro atoms. The van der Waals surface area contributed by atoms with Gasteiger partial charge < -0.3 is 20.2 Å². The first-order valence-corrected chi connectivity index (χ1v) is 6.54. The maximum Gasteiger partial charge on any atom is 0.319 e. The summed E-state index contributed by atoms with van der Waals surface area (Å²) in [5.74, 6) is 0. The molecular weight excluding hydrogens is 218 g/mol. The molecule has 0 aromatic rings. The van der Waals surface area contributed by atoms with Gasteiger partial charge in [0.05, 0.1) is 12.1 Å². The summed E-state index contributed by atoms with van der Waals surface area (Å²) in [6.07, 6.45) is 4.16. The Balaban J connectivity index is 1.85. The molecule has 0 aliphatic carbocycles. The lowest BCUT2D eigenvalue weighted by Gasteiger charge is -2.34. The van der Waals surface area contributed by atoms with Gasteiger partial charge in [-0.3, -0.25) is 0 Å². The Hall–Kier alpha value is -0.810. The predicted octanol–water partition coefficient (Wildman–Crippen LogP) is 0.248. The lowest BCUT2D eigenvalue weighted by Crippen LogP contribution is -2.50. The number of carbonyl (C=O) groups excluding carboxylic acids is 1. The molecule has 2 rings (SSSR count). The van der Waals surface area contributed by atoms with E-state index < -0.39 is 5.60 Å². The maximum absolute atomic E-state index is 12.1. The van der Waals surface area contributed by atoms with Crippen LogP contribution in [0.15, 0.2) is 0 Å². The third-order valence-electron chi connectivity index (χ3n) is 3.71. The van der Waals surface area contributed by atoms with E-state index in [9.17, 15) is 9.90 Å². The van der Waals surface area contributed by atoms with Gasteiger partial charge in [-0.1, -0.05) is 0 Å². The summed E-state index contributed by atoms with van der Waals surface area (Å²) in [6, 6.07) is 0.0602. The van der Waals surface area contributed by atoms with Crippen LogP contribution >= 0.6 is 0 Å². The molecule has 2 aliphatic heterocycles. The average Bonchev–Trinajstić information content (AvgIpc) is 2.76. The molecule has 0 radical (unpaired) electrons.